The lowest BCUT2D eigenvalue weighted by atomic mass is 10.1. The maximum absolute atomic E-state index is 12.6. The third kappa shape index (κ3) is 6.56. The molecule has 0 atom stereocenters. The molecule has 1 saturated heterocycles. The number of benzene rings is 1. The smallest absolute Gasteiger partial charge is 0.357 e. The van der Waals surface area contributed by atoms with Gasteiger partial charge in [0.25, 0.3) is 0 Å². The zero-order valence-corrected chi connectivity index (χ0v) is 17.2. The summed E-state index contributed by atoms with van der Waals surface area (Å²) in [7, 11) is -5.25. The molecule has 1 aliphatic heterocycles. The van der Waals surface area contributed by atoms with Gasteiger partial charge in [0.2, 0.25) is 0 Å². The zero-order valence-electron chi connectivity index (χ0n) is 15.6. The van der Waals surface area contributed by atoms with Crippen LogP contribution in [0.25, 0.3) is 0 Å². The maximum atomic E-state index is 12.6. The van der Waals surface area contributed by atoms with Crippen LogP contribution in [-0.2, 0) is 10.0 Å². The minimum absolute atomic E-state index is 0.126. The molecule has 158 valence electrons. The van der Waals surface area contributed by atoms with Crippen molar-refractivity contribution in [3.05, 3.63) is 30.3 Å². The summed E-state index contributed by atoms with van der Waals surface area (Å²) in [6.45, 7) is 2.83. The number of nitrogens with zero attached hydrogens (tertiary/aromatic N) is 2. The van der Waals surface area contributed by atoms with Gasteiger partial charge >= 0.3 is 15.5 Å². The third-order valence-electron chi connectivity index (χ3n) is 4.14. The third-order valence-corrected chi connectivity index (χ3v) is 6.77. The number of halogens is 3. The van der Waals surface area contributed by atoms with Crippen LogP contribution in [-0.4, -0.2) is 62.2 Å². The maximum Gasteiger partial charge on any atom is 0.511 e. The summed E-state index contributed by atoms with van der Waals surface area (Å²) in [4.78, 5) is 5.65. The second kappa shape index (κ2) is 10.4. The molecule has 11 heteroatoms. The number of hydrogen-bond acceptors (Lipinski definition) is 4. The van der Waals surface area contributed by atoms with E-state index in [2.05, 4.69) is 15.6 Å². The highest BCUT2D eigenvalue weighted by Crippen LogP contribution is 2.28. The lowest BCUT2D eigenvalue weighted by Crippen LogP contribution is -2.51. The van der Waals surface area contributed by atoms with E-state index >= 15 is 0 Å². The highest BCUT2D eigenvalue weighted by Gasteiger charge is 2.50. The van der Waals surface area contributed by atoms with Crippen LogP contribution in [0.1, 0.15) is 19.8 Å². The summed E-state index contributed by atoms with van der Waals surface area (Å²) in [6, 6.07) is 9.84. The average molecular weight is 439 g/mol. The van der Waals surface area contributed by atoms with Crippen molar-refractivity contribution in [2.75, 3.05) is 31.9 Å². The number of aliphatic imine (C=N–C) groups is 1. The van der Waals surface area contributed by atoms with Gasteiger partial charge < -0.3 is 10.6 Å². The Bertz CT molecular complexity index is 735. The lowest BCUT2D eigenvalue weighted by molar-refractivity contribution is -0.0494. The van der Waals surface area contributed by atoms with E-state index in [1.54, 1.807) is 11.8 Å². The fraction of sp³-hybridized carbons (Fsp3) is 0.588. The number of alkyl halides is 3. The molecule has 1 aliphatic rings. The fourth-order valence-corrected chi connectivity index (χ4v) is 4.49. The van der Waals surface area contributed by atoms with Crippen molar-refractivity contribution in [1.29, 1.82) is 0 Å². The molecule has 0 aromatic heterocycles. The lowest BCUT2D eigenvalue weighted by Gasteiger charge is -2.32. The first-order valence-electron chi connectivity index (χ1n) is 9.03. The number of rotatable bonds is 7. The number of thioether (sulfide) groups is 1. The minimum Gasteiger partial charge on any atom is -0.357 e. The first-order valence-corrected chi connectivity index (χ1v) is 11.5. The largest absolute Gasteiger partial charge is 0.511 e. The highest BCUT2D eigenvalue weighted by molar-refractivity contribution is 7.99. The van der Waals surface area contributed by atoms with Gasteiger partial charge in [0.1, 0.15) is 0 Å². The fourth-order valence-electron chi connectivity index (χ4n) is 2.74. The quantitative estimate of drug-likeness (QED) is 0.296. The summed E-state index contributed by atoms with van der Waals surface area (Å²) >= 11 is 1.69. The van der Waals surface area contributed by atoms with Crippen molar-refractivity contribution < 1.29 is 21.6 Å². The Morgan fingerprint density at radius 1 is 1.25 bits per heavy atom. The zero-order chi connectivity index (χ0) is 20.6. The molecular formula is C17H25F3N4O2S2. The molecule has 1 fully saturated rings. The summed E-state index contributed by atoms with van der Waals surface area (Å²) in [5, 5.41) is 6.31. The summed E-state index contributed by atoms with van der Waals surface area (Å²) in [5.41, 5.74) is -5.25. The second-order valence-corrected chi connectivity index (χ2v) is 9.29. The number of guanidine groups is 1. The van der Waals surface area contributed by atoms with Crippen molar-refractivity contribution >= 4 is 27.7 Å². The number of hydrogen-bond donors (Lipinski definition) is 2. The van der Waals surface area contributed by atoms with Crippen LogP contribution in [0.5, 0.6) is 0 Å². The van der Waals surface area contributed by atoms with E-state index in [4.69, 9.17) is 0 Å². The molecule has 0 saturated carbocycles. The van der Waals surface area contributed by atoms with Crippen molar-refractivity contribution in [2.45, 2.75) is 36.2 Å². The molecular weight excluding hydrogens is 413 g/mol. The molecule has 28 heavy (non-hydrogen) atoms. The Labute approximate surface area is 168 Å². The van der Waals surface area contributed by atoms with Crippen molar-refractivity contribution in [1.82, 2.24) is 14.9 Å². The standard InChI is InChI=1S/C17H25F3N4O2S2/c1-2-21-16(22-10-13-27-15-6-4-3-5-7-15)23-14-8-11-24(12-9-14)28(25,26)17(18,19)20/h3-7,14H,2,8-13H2,1H3,(H2,21,22,23). The predicted octanol–water partition coefficient (Wildman–Crippen LogP) is 2.65. The normalized spacial score (nSPS) is 17.5. The SMILES string of the molecule is CCNC(=NCCSc1ccccc1)NC1CCN(S(=O)(=O)C(F)(F)F)CC1. The van der Waals surface area contributed by atoms with E-state index in [-0.39, 0.29) is 19.1 Å². The monoisotopic (exact) mass is 438 g/mol. The van der Waals surface area contributed by atoms with Crippen molar-refractivity contribution in [3.63, 3.8) is 0 Å². The van der Waals surface area contributed by atoms with Crippen LogP contribution in [0.4, 0.5) is 13.2 Å². The summed E-state index contributed by atoms with van der Waals surface area (Å²) in [5.74, 6) is 1.39. The number of nitrogens with one attached hydrogen (secondary N) is 2. The molecule has 0 amide bonds. The molecule has 0 bridgehead atoms. The Balaban J connectivity index is 1.82. The van der Waals surface area contributed by atoms with Gasteiger partial charge in [-0.3, -0.25) is 4.99 Å². The molecule has 2 rings (SSSR count). The Kier molecular flexibility index (Phi) is 8.44. The highest BCUT2D eigenvalue weighted by atomic mass is 32.2. The molecule has 0 unspecified atom stereocenters. The predicted molar refractivity (Wildman–Crippen MR) is 106 cm³/mol. The Morgan fingerprint density at radius 2 is 1.89 bits per heavy atom. The van der Waals surface area contributed by atoms with E-state index in [0.29, 0.717) is 36.2 Å². The van der Waals surface area contributed by atoms with Gasteiger partial charge in [-0.1, -0.05) is 18.2 Å². The van der Waals surface area contributed by atoms with Gasteiger partial charge in [0, 0.05) is 36.3 Å². The van der Waals surface area contributed by atoms with Crippen LogP contribution >= 0.6 is 11.8 Å². The van der Waals surface area contributed by atoms with Crippen molar-refractivity contribution in [3.8, 4) is 0 Å². The molecule has 1 heterocycles. The van der Waals surface area contributed by atoms with Gasteiger partial charge in [0.15, 0.2) is 5.96 Å². The molecule has 0 spiro atoms. The van der Waals surface area contributed by atoms with Crippen LogP contribution in [0, 0.1) is 0 Å². The molecule has 1 aromatic rings. The molecule has 1 aromatic carbocycles. The van der Waals surface area contributed by atoms with E-state index in [1.807, 2.05) is 37.3 Å². The van der Waals surface area contributed by atoms with E-state index in [1.165, 1.54) is 0 Å². The number of sulfonamides is 1. The minimum atomic E-state index is -5.25. The van der Waals surface area contributed by atoms with Crippen molar-refractivity contribution in [2.24, 2.45) is 4.99 Å². The van der Waals surface area contributed by atoms with Gasteiger partial charge in [-0.15, -0.1) is 11.8 Å². The average Bonchev–Trinajstić information content (AvgIpc) is 2.66. The molecule has 2 N–H and O–H groups in total. The molecule has 0 aliphatic carbocycles. The summed E-state index contributed by atoms with van der Waals surface area (Å²) < 4.78 is 61.4. The second-order valence-electron chi connectivity index (χ2n) is 6.19. The first kappa shape index (κ1) is 22.8. The molecule has 0 radical (unpaired) electrons. The first-order chi connectivity index (χ1) is 13.2. The van der Waals surface area contributed by atoms with E-state index < -0.39 is 15.5 Å². The van der Waals surface area contributed by atoms with Crippen LogP contribution in [0.2, 0.25) is 0 Å². The van der Waals surface area contributed by atoms with Crippen LogP contribution in [0.15, 0.2) is 40.2 Å². The van der Waals surface area contributed by atoms with Crippen LogP contribution < -0.4 is 10.6 Å². The molecule has 6 nitrogen and oxygen atoms in total. The van der Waals surface area contributed by atoms with Crippen LogP contribution in [0.3, 0.4) is 0 Å². The topological polar surface area (TPSA) is 73.8 Å². The van der Waals surface area contributed by atoms with Gasteiger partial charge in [-0.25, -0.2) is 8.42 Å². The van der Waals surface area contributed by atoms with Gasteiger partial charge in [0.05, 0.1) is 6.54 Å². The van der Waals surface area contributed by atoms with Gasteiger partial charge in [-0.05, 0) is 31.9 Å². The Morgan fingerprint density at radius 3 is 2.46 bits per heavy atom. The Hall–Kier alpha value is -1.46. The number of piperidine rings is 1. The van der Waals surface area contributed by atoms with E-state index in [0.717, 1.165) is 10.6 Å². The van der Waals surface area contributed by atoms with E-state index in [9.17, 15) is 21.6 Å². The summed E-state index contributed by atoms with van der Waals surface area (Å²) in [6.07, 6.45) is 0.580. The van der Waals surface area contributed by atoms with Gasteiger partial charge in [-0.2, -0.15) is 17.5 Å².